The molecule has 0 unspecified atom stereocenters. The number of hydrogen-bond donors (Lipinski definition) is 1. The molecule has 128 valence electrons. The number of rotatable bonds is 8. The third-order valence-electron chi connectivity index (χ3n) is 3.96. The first-order valence-corrected chi connectivity index (χ1v) is 8.60. The number of aryl methyl sites for hydroxylation is 2. The minimum Gasteiger partial charge on any atom is -0.483 e. The van der Waals surface area contributed by atoms with Crippen molar-refractivity contribution in [3.8, 4) is 5.75 Å². The van der Waals surface area contributed by atoms with Gasteiger partial charge in [-0.3, -0.25) is 4.79 Å². The van der Waals surface area contributed by atoms with Crippen molar-refractivity contribution >= 4 is 5.91 Å². The SMILES string of the molecule is Cc1ccc(C(C)C)c(OCC(=O)NCCCc2ccccc2)c1. The first-order chi connectivity index (χ1) is 11.6. The molecule has 0 spiro atoms. The van der Waals surface area contributed by atoms with Crippen molar-refractivity contribution in [3.05, 3.63) is 65.2 Å². The first kappa shape index (κ1) is 18.1. The highest BCUT2D eigenvalue weighted by atomic mass is 16.5. The zero-order valence-corrected chi connectivity index (χ0v) is 14.8. The fraction of sp³-hybridized carbons (Fsp3) is 0.381. The quantitative estimate of drug-likeness (QED) is 0.737. The summed E-state index contributed by atoms with van der Waals surface area (Å²) in [6, 6.07) is 16.5. The van der Waals surface area contributed by atoms with Gasteiger partial charge >= 0.3 is 0 Å². The van der Waals surface area contributed by atoms with Crippen LogP contribution in [0.4, 0.5) is 0 Å². The molecule has 0 aliphatic carbocycles. The highest BCUT2D eigenvalue weighted by Crippen LogP contribution is 2.27. The molecule has 0 fully saturated rings. The van der Waals surface area contributed by atoms with Crippen LogP contribution in [-0.2, 0) is 11.2 Å². The zero-order valence-electron chi connectivity index (χ0n) is 14.8. The predicted molar refractivity (Wildman–Crippen MR) is 98.5 cm³/mol. The van der Waals surface area contributed by atoms with E-state index in [1.54, 1.807) is 0 Å². The Bertz CT molecular complexity index is 650. The lowest BCUT2D eigenvalue weighted by molar-refractivity contribution is -0.123. The predicted octanol–water partition coefficient (Wildman–Crippen LogP) is 4.25. The second-order valence-corrected chi connectivity index (χ2v) is 6.42. The van der Waals surface area contributed by atoms with Crippen molar-refractivity contribution in [2.24, 2.45) is 0 Å². The Morgan fingerprint density at radius 3 is 2.58 bits per heavy atom. The maximum absolute atomic E-state index is 12.0. The summed E-state index contributed by atoms with van der Waals surface area (Å²) >= 11 is 0. The van der Waals surface area contributed by atoms with Crippen molar-refractivity contribution in [1.82, 2.24) is 5.32 Å². The Morgan fingerprint density at radius 1 is 1.12 bits per heavy atom. The molecule has 0 heterocycles. The third-order valence-corrected chi connectivity index (χ3v) is 3.96. The van der Waals surface area contributed by atoms with Crippen molar-refractivity contribution in [2.45, 2.75) is 39.5 Å². The van der Waals surface area contributed by atoms with Crippen LogP contribution in [0, 0.1) is 6.92 Å². The molecule has 0 radical (unpaired) electrons. The average Bonchev–Trinajstić information content (AvgIpc) is 2.57. The van der Waals surface area contributed by atoms with Crippen molar-refractivity contribution in [3.63, 3.8) is 0 Å². The van der Waals surface area contributed by atoms with Gasteiger partial charge in [-0.05, 0) is 48.4 Å². The van der Waals surface area contributed by atoms with Crippen LogP contribution in [-0.4, -0.2) is 19.1 Å². The lowest BCUT2D eigenvalue weighted by Crippen LogP contribution is -2.30. The topological polar surface area (TPSA) is 38.3 Å². The first-order valence-electron chi connectivity index (χ1n) is 8.60. The summed E-state index contributed by atoms with van der Waals surface area (Å²) in [5.41, 5.74) is 3.57. The van der Waals surface area contributed by atoms with Crippen LogP contribution >= 0.6 is 0 Å². The largest absolute Gasteiger partial charge is 0.483 e. The molecule has 2 aromatic carbocycles. The Kier molecular flexibility index (Phi) is 6.86. The highest BCUT2D eigenvalue weighted by molar-refractivity contribution is 5.77. The van der Waals surface area contributed by atoms with Crippen LogP contribution in [0.2, 0.25) is 0 Å². The zero-order chi connectivity index (χ0) is 17.4. The van der Waals surface area contributed by atoms with E-state index in [0.717, 1.165) is 29.7 Å². The molecule has 0 bridgehead atoms. The van der Waals surface area contributed by atoms with Crippen LogP contribution < -0.4 is 10.1 Å². The number of hydrogen-bond acceptors (Lipinski definition) is 2. The number of carbonyl (C=O) groups excluding carboxylic acids is 1. The van der Waals surface area contributed by atoms with E-state index in [1.807, 2.05) is 31.2 Å². The van der Waals surface area contributed by atoms with Crippen LogP contribution in [0.5, 0.6) is 5.75 Å². The second kappa shape index (κ2) is 9.11. The van der Waals surface area contributed by atoms with Gasteiger partial charge < -0.3 is 10.1 Å². The van der Waals surface area contributed by atoms with E-state index in [-0.39, 0.29) is 12.5 Å². The maximum atomic E-state index is 12.0. The Balaban J connectivity index is 1.74. The van der Waals surface area contributed by atoms with E-state index in [4.69, 9.17) is 4.74 Å². The molecular weight excluding hydrogens is 298 g/mol. The third kappa shape index (κ3) is 5.73. The summed E-state index contributed by atoms with van der Waals surface area (Å²) in [6.45, 7) is 7.01. The van der Waals surface area contributed by atoms with Crippen LogP contribution in [0.3, 0.4) is 0 Å². The molecule has 1 N–H and O–H groups in total. The van der Waals surface area contributed by atoms with Gasteiger partial charge in [0.2, 0.25) is 0 Å². The van der Waals surface area contributed by atoms with Gasteiger partial charge in [-0.15, -0.1) is 0 Å². The average molecular weight is 325 g/mol. The van der Waals surface area contributed by atoms with Gasteiger partial charge in [-0.2, -0.15) is 0 Å². The fourth-order valence-electron chi connectivity index (χ4n) is 2.60. The van der Waals surface area contributed by atoms with E-state index < -0.39 is 0 Å². The molecule has 0 atom stereocenters. The number of amides is 1. The molecule has 2 aromatic rings. The van der Waals surface area contributed by atoms with Crippen LogP contribution in [0.1, 0.15) is 42.9 Å². The molecule has 3 heteroatoms. The van der Waals surface area contributed by atoms with E-state index in [0.29, 0.717) is 12.5 Å². The van der Waals surface area contributed by atoms with Gasteiger partial charge in [0.1, 0.15) is 5.75 Å². The molecule has 0 saturated heterocycles. The van der Waals surface area contributed by atoms with E-state index >= 15 is 0 Å². The molecule has 0 aromatic heterocycles. The van der Waals surface area contributed by atoms with Gasteiger partial charge in [0.05, 0.1) is 0 Å². The Labute approximate surface area is 145 Å². The number of nitrogens with one attached hydrogen (secondary N) is 1. The smallest absolute Gasteiger partial charge is 0.257 e. The molecule has 0 aliphatic heterocycles. The van der Waals surface area contributed by atoms with E-state index in [1.165, 1.54) is 5.56 Å². The molecule has 0 saturated carbocycles. The van der Waals surface area contributed by atoms with E-state index in [9.17, 15) is 4.79 Å². The number of ether oxygens (including phenoxy) is 1. The molecule has 3 nitrogen and oxygen atoms in total. The lowest BCUT2D eigenvalue weighted by atomic mass is 10.0. The van der Waals surface area contributed by atoms with Crippen molar-refractivity contribution in [1.29, 1.82) is 0 Å². The number of benzene rings is 2. The Hall–Kier alpha value is -2.29. The highest BCUT2D eigenvalue weighted by Gasteiger charge is 2.10. The molecule has 1 amide bonds. The van der Waals surface area contributed by atoms with Crippen molar-refractivity contribution in [2.75, 3.05) is 13.2 Å². The van der Waals surface area contributed by atoms with Gasteiger partial charge in [0.15, 0.2) is 6.61 Å². The normalized spacial score (nSPS) is 10.7. The van der Waals surface area contributed by atoms with Gasteiger partial charge in [-0.25, -0.2) is 0 Å². The molecular formula is C21H27NO2. The minimum atomic E-state index is -0.0701. The molecule has 24 heavy (non-hydrogen) atoms. The summed E-state index contributed by atoms with van der Waals surface area (Å²) in [4.78, 5) is 12.0. The molecule has 0 aliphatic rings. The van der Waals surface area contributed by atoms with Crippen LogP contribution in [0.25, 0.3) is 0 Å². The van der Waals surface area contributed by atoms with Crippen molar-refractivity contribution < 1.29 is 9.53 Å². The minimum absolute atomic E-state index is 0.0640. The standard InChI is InChI=1S/C21H27NO2/c1-16(2)19-12-11-17(3)14-20(19)24-15-21(23)22-13-7-10-18-8-5-4-6-9-18/h4-6,8-9,11-12,14,16H,7,10,13,15H2,1-3H3,(H,22,23). The fourth-order valence-corrected chi connectivity index (χ4v) is 2.60. The van der Waals surface area contributed by atoms with E-state index in [2.05, 4.69) is 43.4 Å². The summed E-state index contributed by atoms with van der Waals surface area (Å²) in [5.74, 6) is 1.11. The summed E-state index contributed by atoms with van der Waals surface area (Å²) in [6.07, 6.45) is 1.90. The monoisotopic (exact) mass is 325 g/mol. The number of carbonyl (C=O) groups is 1. The van der Waals surface area contributed by atoms with Gasteiger partial charge in [-0.1, -0.05) is 56.3 Å². The van der Waals surface area contributed by atoms with Crippen LogP contribution in [0.15, 0.2) is 48.5 Å². The Morgan fingerprint density at radius 2 is 1.88 bits per heavy atom. The summed E-state index contributed by atoms with van der Waals surface area (Å²) < 4.78 is 5.74. The molecule has 2 rings (SSSR count). The summed E-state index contributed by atoms with van der Waals surface area (Å²) in [7, 11) is 0. The maximum Gasteiger partial charge on any atom is 0.257 e. The lowest BCUT2D eigenvalue weighted by Gasteiger charge is -2.14. The second-order valence-electron chi connectivity index (χ2n) is 6.42. The van der Waals surface area contributed by atoms with Gasteiger partial charge in [0, 0.05) is 6.54 Å². The van der Waals surface area contributed by atoms with Gasteiger partial charge in [0.25, 0.3) is 5.91 Å². The summed E-state index contributed by atoms with van der Waals surface area (Å²) in [5, 5.41) is 2.92.